The van der Waals surface area contributed by atoms with E-state index in [-0.39, 0.29) is 33.5 Å². The summed E-state index contributed by atoms with van der Waals surface area (Å²) in [6.45, 7) is -0.961. The second kappa shape index (κ2) is 11.6. The zero-order valence-corrected chi connectivity index (χ0v) is 21.8. The van der Waals surface area contributed by atoms with Crippen LogP contribution >= 0.6 is 34.8 Å². The van der Waals surface area contributed by atoms with Crippen molar-refractivity contribution in [3.8, 4) is 0 Å². The number of benzene rings is 2. The van der Waals surface area contributed by atoms with E-state index in [1.165, 1.54) is 0 Å². The average molecular weight is 623 g/mol. The summed E-state index contributed by atoms with van der Waals surface area (Å²) in [5.74, 6) is -4.21. The number of carbonyl (C=O) groups is 2. The highest BCUT2D eigenvalue weighted by Crippen LogP contribution is 2.50. The van der Waals surface area contributed by atoms with Gasteiger partial charge in [0.15, 0.2) is 5.78 Å². The molecule has 1 atom stereocenters. The third-order valence-corrected chi connectivity index (χ3v) is 7.30. The number of hydrogen-bond acceptors (Lipinski definition) is 2. The number of Topliss-reactive ketones (excluding diaryl/α,β-unsaturated/α-hetero) is 1. The predicted molar refractivity (Wildman–Crippen MR) is 130 cm³/mol. The number of rotatable bonds is 9. The smallest absolute Gasteiger partial charge is 0.350 e. The Hall–Kier alpha value is -2.37. The third-order valence-electron chi connectivity index (χ3n) is 6.10. The van der Waals surface area contributed by atoms with Crippen LogP contribution in [0, 0.1) is 5.41 Å². The number of carbonyl (C=O) groups excluding carboxylic acids is 2. The molecule has 212 valence electrons. The number of hydrogen-bond donors (Lipinski definition) is 1. The molecule has 1 aliphatic rings. The Morgan fingerprint density at radius 2 is 1.56 bits per heavy atom. The molecule has 3 nitrogen and oxygen atoms in total. The van der Waals surface area contributed by atoms with Crippen molar-refractivity contribution in [2.45, 2.75) is 44.0 Å². The van der Waals surface area contributed by atoms with Crippen LogP contribution < -0.4 is 5.32 Å². The Morgan fingerprint density at radius 1 is 0.974 bits per heavy atom. The number of alkyl halides is 8. The molecule has 39 heavy (non-hydrogen) atoms. The Bertz CT molecular complexity index is 1260. The summed E-state index contributed by atoms with van der Waals surface area (Å²) in [4.78, 5) is 25.0. The summed E-state index contributed by atoms with van der Waals surface area (Å²) in [6.07, 6.45) is -11.7. The number of nitrogens with one attached hydrogen (secondary N) is 1. The molecule has 1 amide bonds. The highest BCUT2D eigenvalue weighted by atomic mass is 35.5. The maximum absolute atomic E-state index is 13.8. The van der Waals surface area contributed by atoms with Gasteiger partial charge in [-0.3, -0.25) is 9.59 Å². The third kappa shape index (κ3) is 7.64. The van der Waals surface area contributed by atoms with Crippen LogP contribution in [0.4, 0.5) is 35.1 Å². The Morgan fingerprint density at radius 3 is 2.05 bits per heavy atom. The quantitative estimate of drug-likeness (QED) is 0.173. The van der Waals surface area contributed by atoms with Crippen molar-refractivity contribution in [3.63, 3.8) is 0 Å². The van der Waals surface area contributed by atoms with Gasteiger partial charge >= 0.3 is 12.4 Å². The lowest BCUT2D eigenvalue weighted by Gasteiger charge is -2.19. The molecule has 1 fully saturated rings. The highest BCUT2D eigenvalue weighted by molar-refractivity contribution is 6.48. The molecule has 1 N–H and O–H groups in total. The van der Waals surface area contributed by atoms with E-state index in [9.17, 15) is 44.7 Å². The van der Waals surface area contributed by atoms with Gasteiger partial charge in [0, 0.05) is 12.0 Å². The van der Waals surface area contributed by atoms with E-state index in [1.807, 2.05) is 5.32 Å². The maximum atomic E-state index is 13.8. The fourth-order valence-electron chi connectivity index (χ4n) is 3.91. The number of amides is 1. The summed E-state index contributed by atoms with van der Waals surface area (Å²) in [5.41, 5.74) is -4.29. The van der Waals surface area contributed by atoms with Gasteiger partial charge in [0.05, 0.1) is 38.5 Å². The topological polar surface area (TPSA) is 46.2 Å². The van der Waals surface area contributed by atoms with E-state index >= 15 is 0 Å². The minimum atomic E-state index is -5.07. The molecule has 14 heteroatoms. The number of allylic oxidation sites excluding steroid dienone is 1. The zero-order chi connectivity index (χ0) is 29.3. The minimum Gasteiger partial charge on any atom is -0.350 e. The normalized spacial score (nSPS) is 16.0. The van der Waals surface area contributed by atoms with Crippen LogP contribution in [0.3, 0.4) is 0 Å². The highest BCUT2D eigenvalue weighted by Gasteiger charge is 2.51. The Labute approximate surface area is 232 Å². The first-order valence-electron chi connectivity index (χ1n) is 11.1. The van der Waals surface area contributed by atoms with Crippen molar-refractivity contribution in [2.75, 3.05) is 6.54 Å². The summed E-state index contributed by atoms with van der Waals surface area (Å²) < 4.78 is 108. The molecule has 0 aromatic heterocycles. The number of ketones is 1. The molecule has 0 radical (unpaired) electrons. The van der Waals surface area contributed by atoms with E-state index in [1.54, 1.807) is 0 Å². The first kappa shape index (κ1) is 31.2. The van der Waals surface area contributed by atoms with Crippen molar-refractivity contribution in [2.24, 2.45) is 5.41 Å². The maximum Gasteiger partial charge on any atom is 0.417 e. The van der Waals surface area contributed by atoms with Gasteiger partial charge in [-0.2, -0.15) is 26.3 Å². The fourth-order valence-corrected chi connectivity index (χ4v) is 4.52. The van der Waals surface area contributed by atoms with Crippen molar-refractivity contribution < 1.29 is 44.7 Å². The summed E-state index contributed by atoms with van der Waals surface area (Å²) in [5, 5.41) is 1.31. The van der Waals surface area contributed by atoms with Crippen LogP contribution in [-0.4, -0.2) is 30.8 Å². The molecule has 1 saturated carbocycles. The summed E-state index contributed by atoms with van der Waals surface area (Å²) in [7, 11) is 0. The molecule has 1 unspecified atom stereocenters. The van der Waals surface area contributed by atoms with Crippen LogP contribution in [0.5, 0.6) is 0 Å². The Balaban J connectivity index is 1.91. The molecule has 0 aliphatic heterocycles. The first-order chi connectivity index (χ1) is 17.9. The van der Waals surface area contributed by atoms with Crippen molar-refractivity contribution >= 4 is 52.6 Å². The van der Waals surface area contributed by atoms with Gasteiger partial charge in [0.2, 0.25) is 5.91 Å². The molecule has 2 aromatic carbocycles. The van der Waals surface area contributed by atoms with Crippen LogP contribution in [-0.2, 0) is 11.0 Å². The average Bonchev–Trinajstić information content (AvgIpc) is 3.60. The predicted octanol–water partition coefficient (Wildman–Crippen LogP) is 8.76. The van der Waals surface area contributed by atoms with Gasteiger partial charge in [-0.25, -0.2) is 8.78 Å². The lowest BCUT2D eigenvalue weighted by atomic mass is 9.91. The monoisotopic (exact) mass is 621 g/mol. The Kier molecular flexibility index (Phi) is 9.29. The van der Waals surface area contributed by atoms with E-state index in [0.29, 0.717) is 12.1 Å². The zero-order valence-electron chi connectivity index (χ0n) is 19.5. The lowest BCUT2D eigenvalue weighted by Crippen LogP contribution is -2.36. The van der Waals surface area contributed by atoms with E-state index in [2.05, 4.69) is 0 Å². The van der Waals surface area contributed by atoms with E-state index in [0.717, 1.165) is 30.3 Å². The van der Waals surface area contributed by atoms with Crippen LogP contribution in [0.1, 0.15) is 52.2 Å². The molecule has 2 aromatic rings. The largest absolute Gasteiger partial charge is 0.417 e. The van der Waals surface area contributed by atoms with Gasteiger partial charge in [-0.05, 0) is 42.2 Å². The van der Waals surface area contributed by atoms with Crippen molar-refractivity contribution in [1.29, 1.82) is 0 Å². The number of halogens is 11. The summed E-state index contributed by atoms with van der Waals surface area (Å²) in [6, 6.07) is 4.20. The second-order valence-corrected chi connectivity index (χ2v) is 10.2. The second-order valence-electron chi connectivity index (χ2n) is 8.96. The van der Waals surface area contributed by atoms with Gasteiger partial charge in [0.25, 0.3) is 6.43 Å². The van der Waals surface area contributed by atoms with Gasteiger partial charge < -0.3 is 5.32 Å². The van der Waals surface area contributed by atoms with Gasteiger partial charge in [-0.1, -0.05) is 59.1 Å². The summed E-state index contributed by atoms with van der Waals surface area (Å²) >= 11 is 17.4. The molecule has 0 heterocycles. The molecule has 0 saturated heterocycles. The molecule has 0 spiro atoms. The van der Waals surface area contributed by atoms with Crippen LogP contribution in [0.15, 0.2) is 36.4 Å². The molecular formula is C25H18Cl3F8NO2. The van der Waals surface area contributed by atoms with E-state index < -0.39 is 71.5 Å². The van der Waals surface area contributed by atoms with Gasteiger partial charge in [-0.15, -0.1) is 0 Å². The lowest BCUT2D eigenvalue weighted by molar-refractivity contribution is -0.139. The first-order valence-corrected chi connectivity index (χ1v) is 12.3. The van der Waals surface area contributed by atoms with Crippen molar-refractivity contribution in [3.05, 3.63) is 73.7 Å². The molecule has 0 bridgehead atoms. The van der Waals surface area contributed by atoms with Crippen molar-refractivity contribution in [1.82, 2.24) is 5.32 Å². The standard InChI is InChI=1S/C25H18Cl3F8NO2/c26-17-8-13(9-18(27)21(17)28)15(24(31,32)33)4-2-12-1-3-14(16(7-12)25(34,35)36)19(38)10-23(5-6-23)22(39)37-11-20(29)30/h1-4,7-9,15,20H,5-6,10-11H2,(H,37,39)/b4-2+. The molecule has 1 aliphatic carbocycles. The molecule has 3 rings (SSSR count). The molecular weight excluding hydrogens is 605 g/mol. The van der Waals surface area contributed by atoms with Gasteiger partial charge in [0.1, 0.15) is 0 Å². The minimum absolute atomic E-state index is 0.132. The fraction of sp³-hybridized carbons (Fsp3) is 0.360. The van der Waals surface area contributed by atoms with Crippen LogP contribution in [0.2, 0.25) is 15.1 Å². The SMILES string of the molecule is O=C(CC1(C(=O)NCC(F)F)CC1)c1ccc(/C=C/C(c2cc(Cl)c(Cl)c(Cl)c2)C(F)(F)F)cc1C(F)(F)F. The van der Waals surface area contributed by atoms with E-state index in [4.69, 9.17) is 34.8 Å². The van der Waals surface area contributed by atoms with Crippen LogP contribution in [0.25, 0.3) is 6.08 Å².